The number of hydrogen-bond acceptors (Lipinski definition) is 5. The van der Waals surface area contributed by atoms with E-state index in [0.29, 0.717) is 12.2 Å². The van der Waals surface area contributed by atoms with Gasteiger partial charge in [-0.3, -0.25) is 4.79 Å². The molecule has 2 aromatic heterocycles. The van der Waals surface area contributed by atoms with Crippen LogP contribution >= 0.6 is 0 Å². The van der Waals surface area contributed by atoms with Crippen molar-refractivity contribution in [2.75, 3.05) is 11.5 Å². The van der Waals surface area contributed by atoms with Crippen molar-refractivity contribution in [2.45, 2.75) is 32.4 Å². The first kappa shape index (κ1) is 20.8. The zero-order chi connectivity index (χ0) is 20.9. The van der Waals surface area contributed by atoms with Gasteiger partial charge in [0.15, 0.2) is 0 Å². The Morgan fingerprint density at radius 3 is 2.76 bits per heavy atom. The Labute approximate surface area is 170 Å². The molecule has 9 heteroatoms. The van der Waals surface area contributed by atoms with Crippen LogP contribution < -0.4 is 15.8 Å². The fraction of sp³-hybridized carbons (Fsp3) is 0.300. The van der Waals surface area contributed by atoms with Crippen LogP contribution in [0, 0.1) is 0 Å². The van der Waals surface area contributed by atoms with Crippen molar-refractivity contribution < 1.29 is 13.2 Å². The Morgan fingerprint density at radius 2 is 2.03 bits per heavy atom. The lowest BCUT2D eigenvalue weighted by atomic mass is 10.0. The molecule has 1 atom stereocenters. The number of nitrogen functional groups attached to an aromatic ring is 1. The topological polar surface area (TPSA) is 130 Å². The van der Waals surface area contributed by atoms with Gasteiger partial charge in [0, 0.05) is 29.8 Å². The van der Waals surface area contributed by atoms with E-state index < -0.39 is 22.0 Å². The molecule has 29 heavy (non-hydrogen) atoms. The molecule has 154 valence electrons. The van der Waals surface area contributed by atoms with Gasteiger partial charge in [0.25, 0.3) is 0 Å². The fourth-order valence-electron chi connectivity index (χ4n) is 3.11. The predicted molar refractivity (Wildman–Crippen MR) is 114 cm³/mol. The van der Waals surface area contributed by atoms with Gasteiger partial charge in [-0.05, 0) is 36.1 Å². The summed E-state index contributed by atoms with van der Waals surface area (Å²) in [6.07, 6.45) is 4.08. The van der Waals surface area contributed by atoms with Gasteiger partial charge >= 0.3 is 0 Å². The molecule has 0 saturated carbocycles. The van der Waals surface area contributed by atoms with Gasteiger partial charge in [-0.25, -0.2) is 18.1 Å². The number of nitrogens with one attached hydrogen (secondary N) is 3. The first-order valence-electron chi connectivity index (χ1n) is 9.41. The molecule has 2 heterocycles. The van der Waals surface area contributed by atoms with E-state index in [9.17, 15) is 13.2 Å². The van der Waals surface area contributed by atoms with Gasteiger partial charge in [-0.1, -0.05) is 31.2 Å². The third-order valence-corrected chi connectivity index (χ3v) is 6.11. The van der Waals surface area contributed by atoms with Crippen molar-refractivity contribution >= 4 is 32.7 Å². The molecule has 5 N–H and O–H groups in total. The fourth-order valence-corrected chi connectivity index (χ4v) is 4.38. The lowest BCUT2D eigenvalue weighted by Gasteiger charge is -2.18. The second kappa shape index (κ2) is 9.06. The molecule has 0 aliphatic carbocycles. The van der Waals surface area contributed by atoms with Crippen LogP contribution in [0.5, 0.6) is 0 Å². The number of nitrogens with two attached hydrogens (primary N) is 1. The summed E-state index contributed by atoms with van der Waals surface area (Å²) in [7, 11) is -3.57. The van der Waals surface area contributed by atoms with Gasteiger partial charge in [0.2, 0.25) is 15.9 Å². The lowest BCUT2D eigenvalue weighted by molar-refractivity contribution is -0.122. The normalized spacial score (nSPS) is 12.7. The Balaban J connectivity index is 1.78. The molecule has 0 fully saturated rings. The molecule has 0 bridgehead atoms. The summed E-state index contributed by atoms with van der Waals surface area (Å²) in [6, 6.07) is 10.2. The Hall–Kier alpha value is -2.91. The van der Waals surface area contributed by atoms with E-state index in [-0.39, 0.29) is 18.7 Å². The van der Waals surface area contributed by atoms with Crippen LogP contribution in [0.2, 0.25) is 0 Å². The largest absolute Gasteiger partial charge is 0.384 e. The predicted octanol–water partition coefficient (Wildman–Crippen LogP) is 1.70. The first-order chi connectivity index (χ1) is 13.9. The highest BCUT2D eigenvalue weighted by Gasteiger charge is 2.25. The highest BCUT2D eigenvalue weighted by atomic mass is 32.2. The summed E-state index contributed by atoms with van der Waals surface area (Å²) >= 11 is 0. The molecule has 0 radical (unpaired) electrons. The minimum Gasteiger partial charge on any atom is -0.384 e. The number of anilines is 1. The Kier molecular flexibility index (Phi) is 6.50. The number of fused-ring (bicyclic) bond motifs is 1. The quantitative estimate of drug-likeness (QED) is 0.423. The van der Waals surface area contributed by atoms with E-state index in [2.05, 4.69) is 20.0 Å². The van der Waals surface area contributed by atoms with Crippen molar-refractivity contribution in [3.05, 3.63) is 59.9 Å². The number of rotatable bonds is 9. The smallest absolute Gasteiger partial charge is 0.238 e. The third kappa shape index (κ3) is 5.55. The zero-order valence-corrected chi connectivity index (χ0v) is 17.0. The van der Waals surface area contributed by atoms with Gasteiger partial charge in [-0.2, -0.15) is 0 Å². The average Bonchev–Trinajstić information content (AvgIpc) is 3.09. The molecule has 1 unspecified atom stereocenters. The molecule has 0 aliphatic rings. The zero-order valence-electron chi connectivity index (χ0n) is 16.2. The number of para-hydroxylation sites is 1. The molecular formula is C20H25N5O3S. The molecule has 0 saturated heterocycles. The Bertz CT molecular complexity index is 1080. The summed E-state index contributed by atoms with van der Waals surface area (Å²) < 4.78 is 27.2. The molecule has 8 nitrogen and oxygen atoms in total. The number of carbonyl (C=O) groups excluding carboxylic acids is 1. The average molecular weight is 416 g/mol. The van der Waals surface area contributed by atoms with Crippen molar-refractivity contribution in [3.8, 4) is 0 Å². The van der Waals surface area contributed by atoms with Gasteiger partial charge in [0.1, 0.15) is 11.9 Å². The second-order valence-corrected chi connectivity index (χ2v) is 8.74. The van der Waals surface area contributed by atoms with E-state index in [4.69, 9.17) is 5.73 Å². The molecule has 0 aliphatic heterocycles. The van der Waals surface area contributed by atoms with Gasteiger partial charge < -0.3 is 16.0 Å². The number of pyridine rings is 1. The number of nitrogens with zero attached hydrogens (tertiary/aromatic N) is 1. The number of aromatic amines is 1. The lowest BCUT2D eigenvalue weighted by Crippen LogP contribution is -2.48. The minimum atomic E-state index is -3.57. The number of aromatic nitrogens is 2. The maximum atomic E-state index is 12.8. The summed E-state index contributed by atoms with van der Waals surface area (Å²) in [4.78, 5) is 20.0. The summed E-state index contributed by atoms with van der Waals surface area (Å²) in [6.45, 7) is 2.01. The van der Waals surface area contributed by atoms with Gasteiger partial charge in [-0.15, -0.1) is 0 Å². The van der Waals surface area contributed by atoms with E-state index >= 15 is 0 Å². The minimum absolute atomic E-state index is 0.0352. The van der Waals surface area contributed by atoms with Crippen LogP contribution in [0.4, 0.5) is 5.82 Å². The Morgan fingerprint density at radius 1 is 1.24 bits per heavy atom. The van der Waals surface area contributed by atoms with Gasteiger partial charge in [0.05, 0.1) is 5.75 Å². The van der Waals surface area contributed by atoms with Crippen LogP contribution in [-0.2, 0) is 27.8 Å². The summed E-state index contributed by atoms with van der Waals surface area (Å²) in [5, 5.41) is 3.75. The van der Waals surface area contributed by atoms with Crippen molar-refractivity contribution in [2.24, 2.45) is 0 Å². The first-order valence-corrected chi connectivity index (χ1v) is 11.1. The number of carbonyl (C=O) groups is 1. The molecule has 0 spiro atoms. The molecule has 3 aromatic rings. The highest BCUT2D eigenvalue weighted by Crippen LogP contribution is 2.19. The number of sulfonamides is 1. The van der Waals surface area contributed by atoms with Crippen LogP contribution in [0.25, 0.3) is 10.9 Å². The molecule has 3 rings (SSSR count). The maximum Gasteiger partial charge on any atom is 0.238 e. The van der Waals surface area contributed by atoms with E-state index in [1.165, 1.54) is 0 Å². The van der Waals surface area contributed by atoms with Crippen LogP contribution in [0.1, 0.15) is 24.5 Å². The number of benzene rings is 1. The van der Waals surface area contributed by atoms with Crippen molar-refractivity contribution in [1.29, 1.82) is 0 Å². The molecule has 1 amide bonds. The summed E-state index contributed by atoms with van der Waals surface area (Å²) in [5.41, 5.74) is 8.15. The molecule has 1 aromatic carbocycles. The number of amides is 1. The van der Waals surface area contributed by atoms with E-state index in [1.54, 1.807) is 25.3 Å². The highest BCUT2D eigenvalue weighted by molar-refractivity contribution is 7.89. The van der Waals surface area contributed by atoms with Crippen molar-refractivity contribution in [1.82, 2.24) is 20.0 Å². The number of H-pyrrole nitrogens is 1. The van der Waals surface area contributed by atoms with Crippen LogP contribution in [0.15, 0.2) is 48.8 Å². The van der Waals surface area contributed by atoms with E-state index in [0.717, 1.165) is 22.0 Å². The SMILES string of the molecule is CCCS(=O)(=O)NC(Cc1c[nH]c2ccccc12)C(=O)NCc1ccc(N)nc1. The number of hydrogen-bond donors (Lipinski definition) is 4. The van der Waals surface area contributed by atoms with Crippen molar-refractivity contribution in [3.63, 3.8) is 0 Å². The maximum absolute atomic E-state index is 12.8. The van der Waals surface area contributed by atoms with E-state index in [1.807, 2.05) is 30.5 Å². The third-order valence-electron chi connectivity index (χ3n) is 4.52. The standard InChI is InChI=1S/C20H25N5O3S/c1-2-9-29(27,28)25-18(10-15-13-22-17-6-4-3-5-16(15)17)20(26)24-12-14-7-8-19(21)23-11-14/h3-8,11,13,18,22,25H,2,9-10,12H2,1H3,(H2,21,23)(H,24,26). The monoisotopic (exact) mass is 415 g/mol. The second-order valence-electron chi connectivity index (χ2n) is 6.86. The van der Waals surface area contributed by atoms with Crippen LogP contribution in [-0.4, -0.2) is 36.1 Å². The molecular weight excluding hydrogens is 390 g/mol. The summed E-state index contributed by atoms with van der Waals surface area (Å²) in [5.74, 6) is -0.0385. The van der Waals surface area contributed by atoms with Crippen LogP contribution in [0.3, 0.4) is 0 Å².